The first-order valence-corrected chi connectivity index (χ1v) is 8.49. The molecule has 0 atom stereocenters. The molecule has 0 unspecified atom stereocenters. The Balaban J connectivity index is 1.89. The molecule has 0 fully saturated rings. The van der Waals surface area contributed by atoms with Gasteiger partial charge in [-0.25, -0.2) is 0 Å². The number of anilines is 1. The van der Waals surface area contributed by atoms with Crippen LogP contribution in [0.2, 0.25) is 0 Å². The highest BCUT2D eigenvalue weighted by Gasteiger charge is 2.08. The van der Waals surface area contributed by atoms with E-state index >= 15 is 0 Å². The molecule has 7 heteroatoms. The Labute approximate surface area is 158 Å². The lowest BCUT2D eigenvalue weighted by molar-refractivity contribution is -0.120. The van der Waals surface area contributed by atoms with E-state index in [0.29, 0.717) is 29.5 Å². The fraction of sp³-hybridized carbons (Fsp3) is 0.300. The van der Waals surface area contributed by atoms with E-state index in [2.05, 4.69) is 10.5 Å². The average Bonchev–Trinajstić information content (AvgIpc) is 2.69. The molecular formula is C20H24N2O5. The molecule has 0 aromatic heterocycles. The van der Waals surface area contributed by atoms with E-state index in [-0.39, 0.29) is 12.5 Å². The van der Waals surface area contributed by atoms with Crippen molar-refractivity contribution < 1.29 is 23.8 Å². The number of methoxy groups -OCH3 is 2. The van der Waals surface area contributed by atoms with Gasteiger partial charge in [-0.2, -0.15) is 0 Å². The smallest absolute Gasteiger partial charge is 0.265 e. The lowest BCUT2D eigenvalue weighted by atomic mass is 10.1. The highest BCUT2D eigenvalue weighted by atomic mass is 16.6. The fourth-order valence-electron chi connectivity index (χ4n) is 2.30. The van der Waals surface area contributed by atoms with Crippen LogP contribution in [0.3, 0.4) is 0 Å². The number of ether oxygens (including phenoxy) is 3. The van der Waals surface area contributed by atoms with E-state index in [1.165, 1.54) is 0 Å². The predicted octanol–water partition coefficient (Wildman–Crippen LogP) is 3.48. The minimum absolute atomic E-state index is 0.197. The molecular weight excluding hydrogens is 348 g/mol. The summed E-state index contributed by atoms with van der Waals surface area (Å²) in [5.41, 5.74) is 2.08. The number of amides is 1. The molecule has 0 radical (unpaired) electrons. The van der Waals surface area contributed by atoms with Crippen molar-refractivity contribution in [1.82, 2.24) is 0 Å². The van der Waals surface area contributed by atoms with Crippen LogP contribution >= 0.6 is 0 Å². The first kappa shape index (κ1) is 20.1. The summed E-state index contributed by atoms with van der Waals surface area (Å²) >= 11 is 0. The lowest BCUT2D eigenvalue weighted by Gasteiger charge is -2.09. The van der Waals surface area contributed by atoms with Gasteiger partial charge in [0.25, 0.3) is 5.91 Å². The summed E-state index contributed by atoms with van der Waals surface area (Å²) in [7, 11) is 3.14. The zero-order valence-electron chi connectivity index (χ0n) is 15.9. The molecule has 1 amide bonds. The van der Waals surface area contributed by atoms with Gasteiger partial charge in [-0.05, 0) is 56.3 Å². The number of benzene rings is 2. The molecule has 0 heterocycles. The molecule has 0 bridgehead atoms. The van der Waals surface area contributed by atoms with Crippen LogP contribution in [0.5, 0.6) is 17.2 Å². The third kappa shape index (κ3) is 5.91. The van der Waals surface area contributed by atoms with E-state index in [4.69, 9.17) is 19.0 Å². The van der Waals surface area contributed by atoms with Gasteiger partial charge in [0.1, 0.15) is 5.75 Å². The van der Waals surface area contributed by atoms with Crippen LogP contribution in [-0.4, -0.2) is 39.1 Å². The Kier molecular flexibility index (Phi) is 7.49. The van der Waals surface area contributed by atoms with Gasteiger partial charge in [0.2, 0.25) is 0 Å². The van der Waals surface area contributed by atoms with Gasteiger partial charge in [0, 0.05) is 11.3 Å². The Morgan fingerprint density at radius 3 is 2.37 bits per heavy atom. The topological polar surface area (TPSA) is 78.4 Å². The molecule has 0 saturated carbocycles. The number of hydrogen-bond donors (Lipinski definition) is 1. The number of nitrogens with one attached hydrogen (secondary N) is 1. The quantitative estimate of drug-likeness (QED) is 0.539. The van der Waals surface area contributed by atoms with Gasteiger partial charge in [0.15, 0.2) is 18.1 Å². The summed E-state index contributed by atoms with van der Waals surface area (Å²) in [6.07, 6.45) is 0. The second-order valence-corrected chi connectivity index (χ2v) is 5.53. The molecule has 144 valence electrons. The molecule has 7 nitrogen and oxygen atoms in total. The number of nitrogens with zero attached hydrogens (tertiary/aromatic N) is 1. The molecule has 2 aromatic carbocycles. The normalized spacial score (nSPS) is 10.9. The molecule has 0 saturated heterocycles. The predicted molar refractivity (Wildman–Crippen MR) is 104 cm³/mol. The SMILES string of the molecule is CCOc1ccc(NC(=O)CO/N=C(\C)c2ccc(OC)c(OC)c2)cc1. The van der Waals surface area contributed by atoms with Crippen molar-refractivity contribution in [3.8, 4) is 17.2 Å². The van der Waals surface area contributed by atoms with E-state index in [1.807, 2.05) is 13.0 Å². The first-order valence-electron chi connectivity index (χ1n) is 8.49. The van der Waals surface area contributed by atoms with E-state index in [0.717, 1.165) is 11.3 Å². The highest BCUT2D eigenvalue weighted by molar-refractivity contribution is 5.99. The molecule has 0 spiro atoms. The number of carbonyl (C=O) groups is 1. The number of rotatable bonds is 9. The lowest BCUT2D eigenvalue weighted by Crippen LogP contribution is -2.17. The van der Waals surface area contributed by atoms with Gasteiger partial charge in [0.05, 0.1) is 26.5 Å². The maximum absolute atomic E-state index is 12.0. The Morgan fingerprint density at radius 1 is 1.04 bits per heavy atom. The van der Waals surface area contributed by atoms with Crippen LogP contribution in [0.1, 0.15) is 19.4 Å². The van der Waals surface area contributed by atoms with Crippen LogP contribution in [0.25, 0.3) is 0 Å². The van der Waals surface area contributed by atoms with E-state index in [1.54, 1.807) is 57.5 Å². The second kappa shape index (κ2) is 10.1. The van der Waals surface area contributed by atoms with Crippen molar-refractivity contribution in [1.29, 1.82) is 0 Å². The summed E-state index contributed by atoms with van der Waals surface area (Å²) in [6.45, 7) is 4.10. The fourth-order valence-corrected chi connectivity index (χ4v) is 2.30. The number of carbonyl (C=O) groups excluding carboxylic acids is 1. The van der Waals surface area contributed by atoms with Crippen LogP contribution in [0, 0.1) is 0 Å². The third-order valence-corrected chi connectivity index (χ3v) is 3.65. The molecule has 27 heavy (non-hydrogen) atoms. The zero-order valence-corrected chi connectivity index (χ0v) is 15.9. The molecule has 0 aliphatic rings. The van der Waals surface area contributed by atoms with Gasteiger partial charge < -0.3 is 24.4 Å². The van der Waals surface area contributed by atoms with E-state index < -0.39 is 0 Å². The molecule has 0 aliphatic heterocycles. The maximum Gasteiger partial charge on any atom is 0.265 e. The van der Waals surface area contributed by atoms with Crippen molar-refractivity contribution >= 4 is 17.3 Å². The van der Waals surface area contributed by atoms with Gasteiger partial charge >= 0.3 is 0 Å². The van der Waals surface area contributed by atoms with Crippen molar-refractivity contribution in [2.75, 3.05) is 32.8 Å². The van der Waals surface area contributed by atoms with Crippen LogP contribution in [-0.2, 0) is 9.63 Å². The highest BCUT2D eigenvalue weighted by Crippen LogP contribution is 2.27. The Hall–Kier alpha value is -3.22. The molecule has 2 rings (SSSR count). The summed E-state index contributed by atoms with van der Waals surface area (Å²) in [6, 6.07) is 12.5. The summed E-state index contributed by atoms with van der Waals surface area (Å²) < 4.78 is 15.8. The molecule has 2 aromatic rings. The van der Waals surface area contributed by atoms with Crippen molar-refractivity contribution in [3.05, 3.63) is 48.0 Å². The molecule has 1 N–H and O–H groups in total. The Morgan fingerprint density at radius 2 is 1.74 bits per heavy atom. The largest absolute Gasteiger partial charge is 0.494 e. The number of hydrogen-bond acceptors (Lipinski definition) is 6. The summed E-state index contributed by atoms with van der Waals surface area (Å²) in [5.74, 6) is 1.67. The van der Waals surface area contributed by atoms with E-state index in [9.17, 15) is 4.79 Å². The van der Waals surface area contributed by atoms with Crippen LogP contribution < -0.4 is 19.5 Å². The van der Waals surface area contributed by atoms with Gasteiger partial charge in [-0.1, -0.05) is 5.16 Å². The van der Waals surface area contributed by atoms with Crippen molar-refractivity contribution in [3.63, 3.8) is 0 Å². The van der Waals surface area contributed by atoms with Gasteiger partial charge in [-0.3, -0.25) is 4.79 Å². The molecule has 0 aliphatic carbocycles. The zero-order chi connectivity index (χ0) is 19.6. The summed E-state index contributed by atoms with van der Waals surface area (Å²) in [5, 5.41) is 6.72. The third-order valence-electron chi connectivity index (χ3n) is 3.65. The van der Waals surface area contributed by atoms with Crippen LogP contribution in [0.15, 0.2) is 47.6 Å². The standard InChI is InChI=1S/C20H24N2O5/c1-5-26-17-9-7-16(8-10-17)21-20(23)13-27-22-14(2)15-6-11-18(24-3)19(12-15)25-4/h6-12H,5,13H2,1-4H3,(H,21,23)/b22-14+. The average molecular weight is 372 g/mol. The summed E-state index contributed by atoms with van der Waals surface area (Å²) in [4.78, 5) is 17.1. The van der Waals surface area contributed by atoms with Crippen LogP contribution in [0.4, 0.5) is 5.69 Å². The monoisotopic (exact) mass is 372 g/mol. The minimum atomic E-state index is -0.303. The maximum atomic E-state index is 12.0. The first-order chi connectivity index (χ1) is 13.1. The Bertz CT molecular complexity index is 787. The van der Waals surface area contributed by atoms with Gasteiger partial charge in [-0.15, -0.1) is 0 Å². The van der Waals surface area contributed by atoms with Crippen molar-refractivity contribution in [2.45, 2.75) is 13.8 Å². The minimum Gasteiger partial charge on any atom is -0.494 e. The number of oxime groups is 1. The van der Waals surface area contributed by atoms with Crippen molar-refractivity contribution in [2.24, 2.45) is 5.16 Å². The second-order valence-electron chi connectivity index (χ2n) is 5.53.